The van der Waals surface area contributed by atoms with Crippen LogP contribution in [0.15, 0.2) is 534 Å². The molecule has 30 rings (SSSR count). The largest absolute Gasteiger partial charge is 0.309 e. The third-order valence-electron chi connectivity index (χ3n) is 29.0. The van der Waals surface area contributed by atoms with Gasteiger partial charge in [-0.1, -0.05) is 328 Å². The number of hydrogen-bond donors (Lipinski definition) is 0. The summed E-state index contributed by atoms with van der Waals surface area (Å²) in [5, 5.41) is 10.5. The van der Waals surface area contributed by atoms with Crippen molar-refractivity contribution in [2.45, 2.75) is 0 Å². The fraction of sp³-hybridized carbons (Fsp3) is 0. The number of hydrogen-bond acceptors (Lipinski definition) is 8. The monoisotopic (exact) mass is 1920 g/mol. The van der Waals surface area contributed by atoms with E-state index < -0.39 is 0 Å². The molecule has 702 valence electrons. The van der Waals surface area contributed by atoms with E-state index in [1.807, 2.05) is 116 Å². The minimum absolute atomic E-state index is 0.644. The maximum absolute atomic E-state index is 5.19. The molecule has 12 aromatic heterocycles. The van der Waals surface area contributed by atoms with Gasteiger partial charge in [0.1, 0.15) is 0 Å². The van der Waals surface area contributed by atoms with Crippen molar-refractivity contribution in [3.63, 3.8) is 0 Å². The smallest absolute Gasteiger partial charge is 0.235 e. The number of fused-ring (bicyclic) bond motifs is 18. The van der Waals surface area contributed by atoms with Gasteiger partial charge in [-0.2, -0.15) is 0 Å². The van der Waals surface area contributed by atoms with Gasteiger partial charge in [-0.3, -0.25) is 19.5 Å². The van der Waals surface area contributed by atoms with Crippen molar-refractivity contribution >= 4 is 131 Å². The van der Waals surface area contributed by atoms with Crippen LogP contribution in [-0.2, 0) is 0 Å². The Morgan fingerprint density at radius 2 is 0.407 bits per heavy atom. The number of para-hydroxylation sites is 6. The molecule has 12 heterocycles. The molecule has 150 heavy (non-hydrogen) atoms. The summed E-state index contributed by atoms with van der Waals surface area (Å²) in [6.07, 6.45) is 7.62. The maximum Gasteiger partial charge on any atom is 0.235 e. The predicted molar refractivity (Wildman–Crippen MR) is 617 cm³/mol. The first kappa shape index (κ1) is 87.3. The lowest BCUT2D eigenvalue weighted by atomic mass is 10.0. The van der Waals surface area contributed by atoms with Gasteiger partial charge in [-0.15, -0.1) is 0 Å². The van der Waals surface area contributed by atoms with E-state index >= 15 is 0 Å². The van der Waals surface area contributed by atoms with Crippen LogP contribution in [0.2, 0.25) is 0 Å². The second-order valence-electron chi connectivity index (χ2n) is 37.7. The van der Waals surface area contributed by atoms with Gasteiger partial charge in [0.25, 0.3) is 0 Å². The van der Waals surface area contributed by atoms with E-state index in [0.717, 1.165) is 228 Å². The van der Waals surface area contributed by atoms with Crippen molar-refractivity contribution in [3.8, 4) is 135 Å². The first-order chi connectivity index (χ1) is 74.4. The molecule has 0 N–H and O–H groups in total. The Hall–Kier alpha value is -20.5. The van der Waals surface area contributed by atoms with E-state index in [9.17, 15) is 0 Å². The Bertz CT molecular complexity index is 9930. The lowest BCUT2D eigenvalue weighted by Gasteiger charge is -2.14. The SMILES string of the molecule is c1ccc(-c2cc(-c3ccccc3)nc(-n3c4ccccc4c4cc(-c5ccc6c(c5)c5ncccc5n6-c5ccccc5)ccc43)n2)cc1.c1ccc(-c2cc(-n3c4ccccc4c4cc(-c5ccc6c(c5)c5ncccc5n6-c5ccccc5)ccc43)cc(-c3ccccc3)n2)cc1.c1ccc(-c2ncc(-n3c4ccccc4c4cc(-c5ccc6c(c5)c5ncccc5n6-c5ccccc5)ccc43)c(-c3ccccc3)n2)cc1. The van der Waals surface area contributed by atoms with Crippen LogP contribution in [-0.4, -0.2) is 67.3 Å². The van der Waals surface area contributed by atoms with Crippen LogP contribution in [0, 0.1) is 0 Å². The number of nitrogens with zero attached hydrogens (tertiary/aromatic N) is 14. The first-order valence-corrected chi connectivity index (χ1v) is 50.5. The molecule has 14 heteroatoms. The average Bonchev–Trinajstić information content (AvgIpc) is 1.58. The molecule has 18 aromatic carbocycles. The topological polar surface area (TPSA) is 133 Å². The Labute approximate surface area is 862 Å². The molecule has 30 aromatic rings. The van der Waals surface area contributed by atoms with E-state index in [4.69, 9.17) is 39.9 Å². The minimum Gasteiger partial charge on any atom is -0.309 e. The summed E-state index contributed by atoms with van der Waals surface area (Å²) in [6.45, 7) is 0. The number of aromatic nitrogens is 14. The fourth-order valence-corrected chi connectivity index (χ4v) is 22.1. The fourth-order valence-electron chi connectivity index (χ4n) is 22.1. The maximum atomic E-state index is 5.19. The summed E-state index contributed by atoms with van der Waals surface area (Å²) >= 11 is 0. The highest BCUT2D eigenvalue weighted by Crippen LogP contribution is 2.46. The molecule has 0 saturated carbocycles. The van der Waals surface area contributed by atoms with Gasteiger partial charge >= 0.3 is 0 Å². The molecule has 0 bridgehead atoms. The van der Waals surface area contributed by atoms with Gasteiger partial charge in [0, 0.05) is 118 Å². The molecule has 0 saturated heterocycles. The molecule has 0 fully saturated rings. The predicted octanol–water partition coefficient (Wildman–Crippen LogP) is 33.8. The molecule has 0 atom stereocenters. The van der Waals surface area contributed by atoms with Gasteiger partial charge in [0.2, 0.25) is 5.95 Å². The molecular weight excluding hydrogens is 1830 g/mol. The molecule has 0 spiro atoms. The van der Waals surface area contributed by atoms with Crippen LogP contribution in [0.1, 0.15) is 0 Å². The van der Waals surface area contributed by atoms with E-state index in [0.29, 0.717) is 11.8 Å². The second kappa shape index (κ2) is 37.0. The van der Waals surface area contributed by atoms with Crippen LogP contribution in [0.3, 0.4) is 0 Å². The summed E-state index contributed by atoms with van der Waals surface area (Å²) in [5.41, 5.74) is 39.5. The lowest BCUT2D eigenvalue weighted by Crippen LogP contribution is -2.03. The van der Waals surface area contributed by atoms with Gasteiger partial charge < -0.3 is 22.8 Å². The van der Waals surface area contributed by atoms with Gasteiger partial charge in [0.15, 0.2) is 5.82 Å². The average molecular weight is 1920 g/mol. The molecule has 0 amide bonds. The Morgan fingerprint density at radius 3 is 0.767 bits per heavy atom. The highest BCUT2D eigenvalue weighted by molar-refractivity contribution is 6.17. The van der Waals surface area contributed by atoms with Crippen LogP contribution in [0.25, 0.3) is 267 Å². The van der Waals surface area contributed by atoms with Crippen molar-refractivity contribution in [1.82, 2.24) is 67.3 Å². The standard InChI is InChI=1S/C46H30N4.2C45H29N5/c1-4-13-31(14-5-1)40-29-36(30-41(48-40)32-15-6-2-7-16-32)50-42-20-11-10-19-37(42)38-27-33(22-24-43(38)50)34-23-25-44-39(28-34)46-45(21-12-26-47-46)49(44)35-17-8-3-9-18-35;1-4-13-30(14-5-1)38-29-39(31-15-6-2-7-16-31)48-45(47-38)50-40-20-11-10-19-35(40)36-27-32(22-24-41(36)50)33-23-25-42-37(28-33)44-43(21-12-26-46-44)49(42)34-17-8-3-9-18-34;1-4-13-30(14-5-1)43-42(29-47-45(48-43)31-15-6-2-7-16-31)50-38-20-11-10-19-35(38)36-27-32(22-24-39(36)50)33-23-25-40-37(28-33)44-41(21-12-26-46-44)49(40)34-17-8-3-9-18-34/h1-30H;2*1-29H. The van der Waals surface area contributed by atoms with Crippen molar-refractivity contribution in [2.75, 3.05) is 0 Å². The molecule has 0 aliphatic heterocycles. The summed E-state index contributed by atoms with van der Waals surface area (Å²) in [7, 11) is 0. The van der Waals surface area contributed by atoms with Crippen molar-refractivity contribution in [3.05, 3.63) is 534 Å². The van der Waals surface area contributed by atoms with E-state index in [2.05, 4.69) is 446 Å². The van der Waals surface area contributed by atoms with Crippen molar-refractivity contribution < 1.29 is 0 Å². The molecule has 0 aliphatic carbocycles. The summed E-state index contributed by atoms with van der Waals surface area (Å²) in [6, 6.07) is 179. The zero-order valence-corrected chi connectivity index (χ0v) is 81.1. The zero-order valence-electron chi connectivity index (χ0n) is 81.1. The summed E-state index contributed by atoms with van der Waals surface area (Å²) in [4.78, 5) is 40.1. The van der Waals surface area contributed by atoms with E-state index in [1.165, 1.54) is 27.1 Å². The van der Waals surface area contributed by atoms with Gasteiger partial charge in [0.05, 0.1) is 129 Å². The summed E-state index contributed by atoms with van der Waals surface area (Å²) < 4.78 is 13.8. The molecule has 14 nitrogen and oxygen atoms in total. The summed E-state index contributed by atoms with van der Waals surface area (Å²) in [5.74, 6) is 1.35. The van der Waals surface area contributed by atoms with Crippen LogP contribution in [0.4, 0.5) is 0 Å². The Morgan fingerprint density at radius 1 is 0.147 bits per heavy atom. The Kier molecular flexibility index (Phi) is 21.6. The minimum atomic E-state index is 0.644. The molecule has 0 aliphatic rings. The number of pyridine rings is 4. The zero-order chi connectivity index (χ0) is 99.1. The molecule has 0 unspecified atom stereocenters. The lowest BCUT2D eigenvalue weighted by molar-refractivity contribution is 0.995. The third kappa shape index (κ3) is 15.4. The van der Waals surface area contributed by atoms with E-state index in [-0.39, 0.29) is 0 Å². The van der Waals surface area contributed by atoms with Crippen LogP contribution >= 0.6 is 0 Å². The highest BCUT2D eigenvalue weighted by atomic mass is 15.2. The van der Waals surface area contributed by atoms with Gasteiger partial charge in [-0.25, -0.2) is 24.9 Å². The second-order valence-corrected chi connectivity index (χ2v) is 37.7. The number of benzene rings is 18. The highest BCUT2D eigenvalue weighted by Gasteiger charge is 2.26. The van der Waals surface area contributed by atoms with Crippen LogP contribution < -0.4 is 0 Å². The van der Waals surface area contributed by atoms with Crippen molar-refractivity contribution in [2.24, 2.45) is 0 Å². The van der Waals surface area contributed by atoms with Gasteiger partial charge in [-0.05, 0) is 215 Å². The normalized spacial score (nSPS) is 11.6. The van der Waals surface area contributed by atoms with E-state index in [1.54, 1.807) is 0 Å². The van der Waals surface area contributed by atoms with Crippen LogP contribution in [0.5, 0.6) is 0 Å². The molecular formula is C136H88N14. The molecule has 0 radical (unpaired) electrons. The van der Waals surface area contributed by atoms with Crippen molar-refractivity contribution in [1.29, 1.82) is 0 Å². The number of rotatable bonds is 15. The quantitative estimate of drug-likeness (QED) is 0.0991. The first-order valence-electron chi connectivity index (χ1n) is 50.5. The Balaban J connectivity index is 0.000000108. The third-order valence-corrected chi connectivity index (χ3v) is 29.0.